The number of rotatable bonds is 3. The van der Waals surface area contributed by atoms with E-state index in [-0.39, 0.29) is 22.6 Å². The first-order valence-electron chi connectivity index (χ1n) is 6.34. The van der Waals surface area contributed by atoms with Gasteiger partial charge in [-0.05, 0) is 37.6 Å². The van der Waals surface area contributed by atoms with Gasteiger partial charge in [0.15, 0.2) is 0 Å². The molecule has 2 aromatic rings. The fraction of sp³-hybridized carbons (Fsp3) is 0.125. The van der Waals surface area contributed by atoms with Crippen LogP contribution in [0.1, 0.15) is 31.8 Å². The lowest BCUT2D eigenvalue weighted by molar-refractivity contribution is 0.0698. The lowest BCUT2D eigenvalue weighted by atomic mass is 10.1. The summed E-state index contributed by atoms with van der Waals surface area (Å²) < 4.78 is 0. The normalized spacial score (nSPS) is 10.2. The minimum absolute atomic E-state index is 0.00972. The number of hydrogen-bond acceptors (Lipinski definition) is 3. The Kier molecular flexibility index (Phi) is 3.93. The summed E-state index contributed by atoms with van der Waals surface area (Å²) in [6.45, 7) is 3.45. The SMILES string of the molecule is Cc1ccc(NC(=O)c2cccc(C)c2O)c(C(=O)O)c1. The highest BCUT2D eigenvalue weighted by Crippen LogP contribution is 2.24. The fourth-order valence-electron chi connectivity index (χ4n) is 1.98. The van der Waals surface area contributed by atoms with E-state index in [0.717, 1.165) is 5.56 Å². The predicted octanol–water partition coefficient (Wildman–Crippen LogP) is 2.96. The average molecular weight is 285 g/mol. The van der Waals surface area contributed by atoms with Crippen LogP contribution in [0.5, 0.6) is 5.75 Å². The molecular weight excluding hydrogens is 270 g/mol. The number of anilines is 1. The largest absolute Gasteiger partial charge is 0.507 e. The quantitative estimate of drug-likeness (QED) is 0.809. The van der Waals surface area contributed by atoms with E-state index < -0.39 is 11.9 Å². The van der Waals surface area contributed by atoms with Crippen LogP contribution in [0, 0.1) is 13.8 Å². The third-order valence-corrected chi connectivity index (χ3v) is 3.14. The number of hydrogen-bond donors (Lipinski definition) is 3. The highest BCUT2D eigenvalue weighted by Gasteiger charge is 2.16. The Morgan fingerprint density at radius 3 is 2.43 bits per heavy atom. The lowest BCUT2D eigenvalue weighted by Gasteiger charge is -2.11. The predicted molar refractivity (Wildman–Crippen MR) is 78.9 cm³/mol. The molecule has 0 spiro atoms. The van der Waals surface area contributed by atoms with E-state index in [0.29, 0.717) is 5.56 Å². The van der Waals surface area contributed by atoms with Gasteiger partial charge in [0.2, 0.25) is 0 Å². The molecule has 0 bridgehead atoms. The number of para-hydroxylation sites is 1. The molecule has 0 radical (unpaired) electrons. The first-order chi connectivity index (χ1) is 9.90. The zero-order valence-electron chi connectivity index (χ0n) is 11.7. The number of phenolic OH excluding ortho intramolecular Hbond substituents is 1. The van der Waals surface area contributed by atoms with Crippen molar-refractivity contribution >= 4 is 17.6 Å². The molecule has 0 saturated heterocycles. The van der Waals surface area contributed by atoms with Gasteiger partial charge in [0.25, 0.3) is 5.91 Å². The van der Waals surface area contributed by atoms with E-state index >= 15 is 0 Å². The second-order valence-corrected chi connectivity index (χ2v) is 4.78. The Bertz CT molecular complexity index is 722. The highest BCUT2D eigenvalue weighted by atomic mass is 16.4. The summed E-state index contributed by atoms with van der Waals surface area (Å²) in [6.07, 6.45) is 0. The molecular formula is C16H15NO4. The van der Waals surface area contributed by atoms with Gasteiger partial charge >= 0.3 is 5.97 Å². The van der Waals surface area contributed by atoms with Gasteiger partial charge < -0.3 is 15.5 Å². The van der Waals surface area contributed by atoms with Crippen molar-refractivity contribution in [3.05, 3.63) is 58.7 Å². The molecule has 5 nitrogen and oxygen atoms in total. The molecule has 1 amide bonds. The van der Waals surface area contributed by atoms with Crippen LogP contribution in [0.15, 0.2) is 36.4 Å². The minimum atomic E-state index is -1.12. The van der Waals surface area contributed by atoms with Gasteiger partial charge in [-0.3, -0.25) is 4.79 Å². The Morgan fingerprint density at radius 1 is 1.05 bits per heavy atom. The van der Waals surface area contributed by atoms with Gasteiger partial charge in [0.1, 0.15) is 5.75 Å². The van der Waals surface area contributed by atoms with E-state index in [1.54, 1.807) is 32.0 Å². The van der Waals surface area contributed by atoms with Crippen molar-refractivity contribution in [1.82, 2.24) is 0 Å². The first-order valence-corrected chi connectivity index (χ1v) is 6.34. The standard InChI is InChI=1S/C16H15NO4/c1-9-6-7-13(12(8-9)16(20)21)17-15(19)11-5-3-4-10(2)14(11)18/h3-8,18H,1-2H3,(H,17,19)(H,20,21). The molecule has 0 atom stereocenters. The van der Waals surface area contributed by atoms with Crippen LogP contribution in [-0.2, 0) is 0 Å². The summed E-state index contributed by atoms with van der Waals surface area (Å²) in [5, 5.41) is 21.6. The molecule has 3 N–H and O–H groups in total. The molecule has 21 heavy (non-hydrogen) atoms. The molecule has 0 fully saturated rings. The number of carboxylic acid groups (broad SMARTS) is 1. The second kappa shape index (κ2) is 5.66. The van der Waals surface area contributed by atoms with Crippen LogP contribution in [0.25, 0.3) is 0 Å². The van der Waals surface area contributed by atoms with Crippen LogP contribution >= 0.6 is 0 Å². The van der Waals surface area contributed by atoms with Crippen LogP contribution in [-0.4, -0.2) is 22.1 Å². The van der Waals surface area contributed by atoms with Crippen molar-refractivity contribution in [3.8, 4) is 5.75 Å². The molecule has 5 heteroatoms. The summed E-state index contributed by atoms with van der Waals surface area (Å²) in [7, 11) is 0. The molecule has 0 aromatic heterocycles. The molecule has 0 aliphatic carbocycles. The Morgan fingerprint density at radius 2 is 1.76 bits per heavy atom. The third kappa shape index (κ3) is 3.02. The number of nitrogens with one attached hydrogen (secondary N) is 1. The number of carbonyl (C=O) groups excluding carboxylic acids is 1. The maximum atomic E-state index is 12.2. The zero-order chi connectivity index (χ0) is 15.6. The second-order valence-electron chi connectivity index (χ2n) is 4.78. The molecule has 2 aromatic carbocycles. The number of benzene rings is 2. The monoisotopic (exact) mass is 285 g/mol. The summed E-state index contributed by atoms with van der Waals surface area (Å²) in [5.41, 5.74) is 1.66. The van der Waals surface area contributed by atoms with Gasteiger partial charge in [-0.1, -0.05) is 23.8 Å². The summed E-state index contributed by atoms with van der Waals surface area (Å²) >= 11 is 0. The van der Waals surface area contributed by atoms with E-state index in [1.165, 1.54) is 18.2 Å². The van der Waals surface area contributed by atoms with E-state index in [4.69, 9.17) is 0 Å². The summed E-state index contributed by atoms with van der Waals surface area (Å²) in [5.74, 6) is -1.79. The van der Waals surface area contributed by atoms with E-state index in [1.807, 2.05) is 0 Å². The van der Waals surface area contributed by atoms with Gasteiger partial charge in [-0.15, -0.1) is 0 Å². The highest BCUT2D eigenvalue weighted by molar-refractivity contribution is 6.09. The summed E-state index contributed by atoms with van der Waals surface area (Å²) in [4.78, 5) is 23.4. The first kappa shape index (κ1) is 14.6. The molecule has 0 aliphatic heterocycles. The van der Waals surface area contributed by atoms with Crippen molar-refractivity contribution in [3.63, 3.8) is 0 Å². The minimum Gasteiger partial charge on any atom is -0.507 e. The Labute approximate surface area is 121 Å². The number of phenols is 1. The molecule has 0 aliphatic rings. The van der Waals surface area contributed by atoms with Gasteiger partial charge in [-0.2, -0.15) is 0 Å². The van der Waals surface area contributed by atoms with Crippen molar-refractivity contribution in [1.29, 1.82) is 0 Å². The maximum absolute atomic E-state index is 12.2. The summed E-state index contributed by atoms with van der Waals surface area (Å²) in [6, 6.07) is 9.53. The van der Waals surface area contributed by atoms with Crippen molar-refractivity contribution < 1.29 is 19.8 Å². The topological polar surface area (TPSA) is 86.6 Å². The smallest absolute Gasteiger partial charge is 0.337 e. The van der Waals surface area contributed by atoms with Crippen LogP contribution in [0.3, 0.4) is 0 Å². The molecule has 0 heterocycles. The fourth-order valence-corrected chi connectivity index (χ4v) is 1.98. The molecule has 108 valence electrons. The number of aryl methyl sites for hydroxylation is 2. The van der Waals surface area contributed by atoms with E-state index in [2.05, 4.69) is 5.32 Å². The van der Waals surface area contributed by atoms with Gasteiger partial charge in [0.05, 0.1) is 16.8 Å². The van der Waals surface area contributed by atoms with E-state index in [9.17, 15) is 19.8 Å². The van der Waals surface area contributed by atoms with Gasteiger partial charge in [-0.25, -0.2) is 4.79 Å². The number of aromatic carboxylic acids is 1. The zero-order valence-corrected chi connectivity index (χ0v) is 11.7. The Balaban J connectivity index is 2.36. The maximum Gasteiger partial charge on any atom is 0.337 e. The van der Waals surface area contributed by atoms with Crippen LogP contribution < -0.4 is 5.32 Å². The lowest BCUT2D eigenvalue weighted by Crippen LogP contribution is -2.15. The number of amides is 1. The number of carbonyl (C=O) groups is 2. The van der Waals surface area contributed by atoms with Crippen molar-refractivity contribution in [2.75, 3.05) is 5.32 Å². The van der Waals surface area contributed by atoms with Gasteiger partial charge in [0, 0.05) is 0 Å². The molecule has 0 saturated carbocycles. The number of carboxylic acids is 1. The Hall–Kier alpha value is -2.82. The molecule has 2 rings (SSSR count). The van der Waals surface area contributed by atoms with Crippen LogP contribution in [0.2, 0.25) is 0 Å². The van der Waals surface area contributed by atoms with Crippen LogP contribution in [0.4, 0.5) is 5.69 Å². The average Bonchev–Trinajstić information content (AvgIpc) is 2.43. The van der Waals surface area contributed by atoms with Crippen molar-refractivity contribution in [2.45, 2.75) is 13.8 Å². The molecule has 0 unspecified atom stereocenters. The third-order valence-electron chi connectivity index (χ3n) is 3.14. The van der Waals surface area contributed by atoms with Crippen molar-refractivity contribution in [2.24, 2.45) is 0 Å². The number of aromatic hydroxyl groups is 1.